The molecule has 0 aliphatic carbocycles. The van der Waals surface area contributed by atoms with Crippen LogP contribution in [0.4, 0.5) is 4.39 Å². The Morgan fingerprint density at radius 3 is 2.48 bits per heavy atom. The lowest BCUT2D eigenvalue weighted by Gasteiger charge is -2.50. The Morgan fingerprint density at radius 1 is 1.10 bits per heavy atom. The highest BCUT2D eigenvalue weighted by Crippen LogP contribution is 2.40. The lowest BCUT2D eigenvalue weighted by atomic mass is 9.69. The van der Waals surface area contributed by atoms with Crippen LogP contribution in [0.5, 0.6) is 0 Å². The first kappa shape index (κ1) is 21.4. The number of nitrogens with zero attached hydrogens (tertiary/aromatic N) is 3. The second-order valence-electron chi connectivity index (χ2n) is 9.08. The van der Waals surface area contributed by atoms with Crippen LogP contribution < -0.4 is 5.56 Å². The van der Waals surface area contributed by atoms with E-state index in [2.05, 4.69) is 22.0 Å². The number of aromatic nitrogens is 2. The molecule has 2 heterocycles. The molecule has 6 heteroatoms. The fourth-order valence-electron chi connectivity index (χ4n) is 4.38. The van der Waals surface area contributed by atoms with Crippen molar-refractivity contribution in [1.29, 1.82) is 0 Å². The van der Waals surface area contributed by atoms with E-state index in [0.29, 0.717) is 24.2 Å². The third-order valence-corrected chi connectivity index (χ3v) is 6.43. The highest BCUT2D eigenvalue weighted by Gasteiger charge is 2.47. The topological polar surface area (TPSA) is 58.4 Å². The molecule has 0 bridgehead atoms. The van der Waals surface area contributed by atoms with Gasteiger partial charge >= 0.3 is 0 Å². The van der Waals surface area contributed by atoms with E-state index >= 15 is 0 Å². The van der Waals surface area contributed by atoms with Gasteiger partial charge in [-0.25, -0.2) is 9.37 Å². The second kappa shape index (κ2) is 8.36. The molecule has 1 atom stereocenters. The molecule has 1 fully saturated rings. The molecule has 1 aromatic heterocycles. The molecule has 1 unspecified atom stereocenters. The van der Waals surface area contributed by atoms with Crippen LogP contribution in [0.15, 0.2) is 71.8 Å². The Kier molecular flexibility index (Phi) is 5.77. The van der Waals surface area contributed by atoms with Crippen LogP contribution in [-0.4, -0.2) is 38.2 Å². The van der Waals surface area contributed by atoms with Crippen molar-refractivity contribution < 1.29 is 9.50 Å². The van der Waals surface area contributed by atoms with Crippen LogP contribution in [0.3, 0.4) is 0 Å². The van der Waals surface area contributed by atoms with E-state index < -0.39 is 16.8 Å². The van der Waals surface area contributed by atoms with Gasteiger partial charge in [-0.1, -0.05) is 56.3 Å². The van der Waals surface area contributed by atoms with Gasteiger partial charge in [0.1, 0.15) is 5.82 Å². The van der Waals surface area contributed by atoms with Crippen molar-refractivity contribution in [2.24, 2.45) is 5.41 Å². The van der Waals surface area contributed by atoms with Crippen molar-refractivity contribution in [3.05, 3.63) is 88.7 Å². The molecule has 3 aromatic rings. The van der Waals surface area contributed by atoms with E-state index in [1.165, 1.54) is 28.6 Å². The molecule has 1 saturated heterocycles. The average molecular weight is 422 g/mol. The Bertz CT molecular complexity index is 1110. The number of hydrogen-bond donors (Lipinski definition) is 1. The summed E-state index contributed by atoms with van der Waals surface area (Å²) in [5.41, 5.74) is 0.0508. The Morgan fingerprint density at radius 2 is 1.81 bits per heavy atom. The van der Waals surface area contributed by atoms with Gasteiger partial charge in [0, 0.05) is 36.7 Å². The lowest BCUT2D eigenvalue weighted by Crippen LogP contribution is -2.59. The van der Waals surface area contributed by atoms with Crippen molar-refractivity contribution in [3.63, 3.8) is 0 Å². The zero-order valence-corrected chi connectivity index (χ0v) is 18.0. The van der Waals surface area contributed by atoms with E-state index in [4.69, 9.17) is 0 Å². The maximum atomic E-state index is 14.0. The third kappa shape index (κ3) is 4.45. The first-order valence-corrected chi connectivity index (χ1v) is 10.6. The molecule has 0 amide bonds. The van der Waals surface area contributed by atoms with Crippen LogP contribution in [0.1, 0.15) is 25.8 Å². The normalized spacial score (nSPS) is 21.2. The number of aliphatic hydroxyl groups is 1. The molecular formula is C25H28FN3O2. The van der Waals surface area contributed by atoms with Gasteiger partial charge in [-0.15, -0.1) is 0 Å². The van der Waals surface area contributed by atoms with Gasteiger partial charge in [-0.05, 0) is 24.1 Å². The molecule has 0 saturated carbocycles. The molecule has 31 heavy (non-hydrogen) atoms. The fraction of sp³-hybridized carbons (Fsp3) is 0.360. The van der Waals surface area contributed by atoms with Gasteiger partial charge in [0.05, 0.1) is 24.2 Å². The second-order valence-corrected chi connectivity index (χ2v) is 9.08. The molecule has 5 nitrogen and oxygen atoms in total. The summed E-state index contributed by atoms with van der Waals surface area (Å²) in [4.78, 5) is 19.4. The van der Waals surface area contributed by atoms with Crippen LogP contribution >= 0.6 is 0 Å². The summed E-state index contributed by atoms with van der Waals surface area (Å²) in [6, 6.07) is 17.9. The average Bonchev–Trinajstić information content (AvgIpc) is 2.74. The molecule has 0 spiro atoms. The van der Waals surface area contributed by atoms with Crippen molar-refractivity contribution in [2.45, 2.75) is 39.0 Å². The molecule has 1 aliphatic heterocycles. The Labute approximate surface area is 181 Å². The minimum Gasteiger partial charge on any atom is -0.387 e. The minimum atomic E-state index is -1.05. The maximum absolute atomic E-state index is 14.0. The first-order chi connectivity index (χ1) is 14.8. The number of benzene rings is 2. The number of hydrogen-bond acceptors (Lipinski definition) is 4. The zero-order chi connectivity index (χ0) is 22.1. The third-order valence-electron chi connectivity index (χ3n) is 6.43. The Balaban J connectivity index is 1.51. The molecule has 1 aliphatic rings. The number of likely N-dealkylation sites (tertiary alicyclic amines) is 1. The predicted octanol–water partition coefficient (Wildman–Crippen LogP) is 3.71. The van der Waals surface area contributed by atoms with Gasteiger partial charge in [0.25, 0.3) is 5.56 Å². The standard InChI is InChI=1S/C25H28FN3O2/c1-24(2)16-28(15-19-8-4-3-5-9-19)13-12-25(24,31)17-29-18-27-22(14-23(29)30)20-10-6-7-11-21(20)26/h3-11,14,18,31H,12-13,15-17H2,1-2H3. The van der Waals surface area contributed by atoms with Crippen LogP contribution in [-0.2, 0) is 13.1 Å². The van der Waals surface area contributed by atoms with E-state index in [9.17, 15) is 14.3 Å². The van der Waals surface area contributed by atoms with E-state index in [-0.39, 0.29) is 12.1 Å². The van der Waals surface area contributed by atoms with Gasteiger partial charge < -0.3 is 5.11 Å². The highest BCUT2D eigenvalue weighted by atomic mass is 19.1. The molecule has 162 valence electrons. The van der Waals surface area contributed by atoms with Gasteiger partial charge in [-0.3, -0.25) is 14.3 Å². The number of rotatable bonds is 5. The Hall–Kier alpha value is -2.83. The SMILES string of the molecule is CC1(C)CN(Cc2ccccc2)CCC1(O)Cn1cnc(-c2ccccc2F)cc1=O. The molecule has 1 N–H and O–H groups in total. The lowest BCUT2D eigenvalue weighted by molar-refractivity contribution is -0.130. The summed E-state index contributed by atoms with van der Waals surface area (Å²) in [5, 5.41) is 11.5. The first-order valence-electron chi connectivity index (χ1n) is 10.6. The molecule has 0 radical (unpaired) electrons. The van der Waals surface area contributed by atoms with Crippen LogP contribution in [0, 0.1) is 11.2 Å². The summed E-state index contributed by atoms with van der Waals surface area (Å²) in [7, 11) is 0. The summed E-state index contributed by atoms with van der Waals surface area (Å²) in [5.74, 6) is -0.419. The van der Waals surface area contributed by atoms with E-state index in [0.717, 1.165) is 13.1 Å². The van der Waals surface area contributed by atoms with Crippen molar-refractivity contribution in [2.75, 3.05) is 13.1 Å². The van der Waals surface area contributed by atoms with Crippen molar-refractivity contribution in [3.8, 4) is 11.3 Å². The predicted molar refractivity (Wildman–Crippen MR) is 119 cm³/mol. The summed E-state index contributed by atoms with van der Waals surface area (Å²) in [6.07, 6.45) is 1.96. The largest absolute Gasteiger partial charge is 0.387 e. The number of piperidine rings is 1. The van der Waals surface area contributed by atoms with Crippen molar-refractivity contribution in [1.82, 2.24) is 14.5 Å². The van der Waals surface area contributed by atoms with E-state index in [1.54, 1.807) is 18.2 Å². The maximum Gasteiger partial charge on any atom is 0.253 e. The molecular weight excluding hydrogens is 393 g/mol. The highest BCUT2D eigenvalue weighted by molar-refractivity contribution is 5.58. The monoisotopic (exact) mass is 421 g/mol. The summed E-state index contributed by atoms with van der Waals surface area (Å²) < 4.78 is 15.5. The van der Waals surface area contributed by atoms with E-state index in [1.807, 2.05) is 32.0 Å². The summed E-state index contributed by atoms with van der Waals surface area (Å²) >= 11 is 0. The minimum absolute atomic E-state index is 0.155. The van der Waals surface area contributed by atoms with Crippen LogP contribution in [0.25, 0.3) is 11.3 Å². The van der Waals surface area contributed by atoms with Gasteiger partial charge in [0.2, 0.25) is 0 Å². The fourth-order valence-corrected chi connectivity index (χ4v) is 4.38. The zero-order valence-electron chi connectivity index (χ0n) is 18.0. The summed E-state index contributed by atoms with van der Waals surface area (Å²) in [6.45, 7) is 6.52. The van der Waals surface area contributed by atoms with Gasteiger partial charge in [-0.2, -0.15) is 0 Å². The number of halogens is 1. The smallest absolute Gasteiger partial charge is 0.253 e. The van der Waals surface area contributed by atoms with Crippen LogP contribution in [0.2, 0.25) is 0 Å². The van der Waals surface area contributed by atoms with Crippen molar-refractivity contribution >= 4 is 0 Å². The molecule has 2 aromatic carbocycles. The quantitative estimate of drug-likeness (QED) is 0.682. The molecule has 4 rings (SSSR count). The van der Waals surface area contributed by atoms with Gasteiger partial charge in [0.15, 0.2) is 0 Å².